The number of rotatable bonds is 4. The van der Waals surface area contributed by atoms with Crippen molar-refractivity contribution in [2.75, 3.05) is 32.7 Å². The molecule has 0 aromatic heterocycles. The van der Waals surface area contributed by atoms with Gasteiger partial charge in [-0.1, -0.05) is 24.6 Å². The topological polar surface area (TPSA) is 64.4 Å². The van der Waals surface area contributed by atoms with Gasteiger partial charge in [0.05, 0.1) is 10.6 Å². The van der Waals surface area contributed by atoms with Crippen LogP contribution < -0.4 is 0 Å². The highest BCUT2D eigenvalue weighted by molar-refractivity contribution is 7.89. The van der Waals surface area contributed by atoms with Gasteiger partial charge in [0.1, 0.15) is 11.0 Å². The van der Waals surface area contributed by atoms with E-state index in [9.17, 15) is 13.7 Å². The van der Waals surface area contributed by atoms with E-state index in [1.807, 2.05) is 6.07 Å². The van der Waals surface area contributed by atoms with E-state index in [4.69, 9.17) is 11.6 Å². The van der Waals surface area contributed by atoms with E-state index < -0.39 is 10.0 Å². The Balaban J connectivity index is 2.28. The van der Waals surface area contributed by atoms with Crippen molar-refractivity contribution >= 4 is 21.6 Å². The first-order valence-corrected chi connectivity index (χ1v) is 9.23. The van der Waals surface area contributed by atoms with E-state index >= 15 is 0 Å². The molecule has 0 aliphatic carbocycles. The van der Waals surface area contributed by atoms with Gasteiger partial charge in [-0.3, -0.25) is 0 Å². The second kappa shape index (κ2) is 7.42. The van der Waals surface area contributed by atoms with Crippen LogP contribution in [0.1, 0.15) is 25.3 Å². The fraction of sp³-hybridized carbons (Fsp3) is 0.533. The maximum Gasteiger partial charge on any atom is 0.244 e. The molecule has 0 unspecified atom stereocenters. The van der Waals surface area contributed by atoms with Crippen LogP contribution in [-0.2, 0) is 10.0 Å². The average Bonchev–Trinajstić information content (AvgIpc) is 2.73. The van der Waals surface area contributed by atoms with Gasteiger partial charge >= 0.3 is 0 Å². The van der Waals surface area contributed by atoms with Crippen molar-refractivity contribution in [3.05, 3.63) is 28.8 Å². The van der Waals surface area contributed by atoms with E-state index in [2.05, 4.69) is 11.8 Å². The first kappa shape index (κ1) is 17.2. The zero-order valence-corrected chi connectivity index (χ0v) is 14.2. The van der Waals surface area contributed by atoms with Gasteiger partial charge in [0, 0.05) is 19.6 Å². The number of halogens is 1. The van der Waals surface area contributed by atoms with Gasteiger partial charge in [0.2, 0.25) is 10.0 Å². The summed E-state index contributed by atoms with van der Waals surface area (Å²) in [7, 11) is -3.69. The van der Waals surface area contributed by atoms with Gasteiger partial charge in [0.15, 0.2) is 0 Å². The predicted molar refractivity (Wildman–Crippen MR) is 86.3 cm³/mol. The molecule has 0 N–H and O–H groups in total. The van der Waals surface area contributed by atoms with Gasteiger partial charge in [-0.05, 0) is 38.1 Å². The van der Waals surface area contributed by atoms with Gasteiger partial charge < -0.3 is 4.90 Å². The molecular weight excluding hydrogens is 322 g/mol. The van der Waals surface area contributed by atoms with Crippen molar-refractivity contribution < 1.29 is 8.42 Å². The Morgan fingerprint density at radius 2 is 2.05 bits per heavy atom. The molecule has 0 atom stereocenters. The molecule has 120 valence electrons. The van der Waals surface area contributed by atoms with Crippen molar-refractivity contribution in [2.45, 2.75) is 24.7 Å². The van der Waals surface area contributed by atoms with Crippen molar-refractivity contribution in [1.29, 1.82) is 5.26 Å². The van der Waals surface area contributed by atoms with E-state index in [0.29, 0.717) is 13.1 Å². The number of nitriles is 1. The third-order valence-corrected chi connectivity index (χ3v) is 6.05. The summed E-state index contributed by atoms with van der Waals surface area (Å²) in [5.41, 5.74) is 0.0267. The Labute approximate surface area is 137 Å². The Morgan fingerprint density at radius 1 is 1.27 bits per heavy atom. The van der Waals surface area contributed by atoms with Crippen molar-refractivity contribution in [1.82, 2.24) is 9.21 Å². The Hall–Kier alpha value is -1.13. The summed E-state index contributed by atoms with van der Waals surface area (Å²) in [5, 5.41) is 9.38. The molecule has 0 saturated carbocycles. The zero-order valence-electron chi connectivity index (χ0n) is 12.6. The van der Waals surface area contributed by atoms with Crippen LogP contribution in [0, 0.1) is 11.3 Å². The Kier molecular flexibility index (Phi) is 5.81. The standard InChI is InChI=1S/C15H20ClN3O2S/c1-2-7-18-8-4-9-19(11-10-18)22(20,21)15-6-3-5-14(16)13(15)12-17/h3,5-6H,2,4,7-11H2,1H3. The average molecular weight is 342 g/mol. The molecule has 1 aliphatic heterocycles. The normalized spacial score (nSPS) is 17.9. The zero-order chi connectivity index (χ0) is 16.2. The predicted octanol–water partition coefficient (Wildman–Crippen LogP) is 2.32. The minimum atomic E-state index is -3.69. The van der Waals surface area contributed by atoms with Gasteiger partial charge in [-0.2, -0.15) is 9.57 Å². The summed E-state index contributed by atoms with van der Waals surface area (Å²) in [6, 6.07) is 6.46. The Morgan fingerprint density at radius 3 is 2.73 bits per heavy atom. The van der Waals surface area contributed by atoms with Crippen molar-refractivity contribution in [3.63, 3.8) is 0 Å². The molecule has 5 nitrogen and oxygen atoms in total. The van der Waals surface area contributed by atoms with E-state index in [1.54, 1.807) is 6.07 Å². The summed E-state index contributed by atoms with van der Waals surface area (Å²) >= 11 is 5.96. The summed E-state index contributed by atoms with van der Waals surface area (Å²) < 4.78 is 27.1. The van der Waals surface area contributed by atoms with E-state index in [-0.39, 0.29) is 15.5 Å². The highest BCUT2D eigenvalue weighted by Gasteiger charge is 2.29. The minimum absolute atomic E-state index is 0.00596. The van der Waals surface area contributed by atoms with Crippen LogP contribution in [0.3, 0.4) is 0 Å². The van der Waals surface area contributed by atoms with Crippen LogP contribution in [-0.4, -0.2) is 50.3 Å². The van der Waals surface area contributed by atoms with E-state index in [0.717, 1.165) is 32.5 Å². The third-order valence-electron chi connectivity index (χ3n) is 3.79. The molecule has 2 rings (SSSR count). The molecular formula is C15H20ClN3O2S. The summed E-state index contributed by atoms with van der Waals surface area (Å²) in [6.45, 7) is 5.63. The largest absolute Gasteiger partial charge is 0.302 e. The van der Waals surface area contributed by atoms with Crippen LogP contribution in [0.5, 0.6) is 0 Å². The van der Waals surface area contributed by atoms with Crippen LogP contribution in [0.4, 0.5) is 0 Å². The van der Waals surface area contributed by atoms with Crippen molar-refractivity contribution in [2.24, 2.45) is 0 Å². The van der Waals surface area contributed by atoms with Crippen LogP contribution in [0.15, 0.2) is 23.1 Å². The molecule has 22 heavy (non-hydrogen) atoms. The highest BCUT2D eigenvalue weighted by Crippen LogP contribution is 2.26. The number of hydrogen-bond acceptors (Lipinski definition) is 4. The van der Waals surface area contributed by atoms with Crippen LogP contribution >= 0.6 is 11.6 Å². The molecule has 1 aromatic carbocycles. The number of sulfonamides is 1. The number of hydrogen-bond donors (Lipinski definition) is 0. The summed E-state index contributed by atoms with van der Waals surface area (Å²) in [5.74, 6) is 0. The molecule has 1 aromatic rings. The number of nitrogens with zero attached hydrogens (tertiary/aromatic N) is 3. The second-order valence-electron chi connectivity index (χ2n) is 5.32. The van der Waals surface area contributed by atoms with Crippen molar-refractivity contribution in [3.8, 4) is 6.07 Å². The first-order chi connectivity index (χ1) is 10.5. The molecule has 0 radical (unpaired) electrons. The summed E-state index contributed by atoms with van der Waals surface area (Å²) in [4.78, 5) is 2.28. The lowest BCUT2D eigenvalue weighted by Gasteiger charge is -2.22. The first-order valence-electron chi connectivity index (χ1n) is 7.41. The summed E-state index contributed by atoms with van der Waals surface area (Å²) in [6.07, 6.45) is 1.85. The lowest BCUT2D eigenvalue weighted by atomic mass is 10.2. The van der Waals surface area contributed by atoms with E-state index in [1.165, 1.54) is 16.4 Å². The molecule has 7 heteroatoms. The molecule has 1 aliphatic rings. The number of benzene rings is 1. The highest BCUT2D eigenvalue weighted by atomic mass is 35.5. The second-order valence-corrected chi connectivity index (χ2v) is 7.64. The SMILES string of the molecule is CCCN1CCCN(S(=O)(=O)c2cccc(Cl)c2C#N)CC1. The molecule has 0 amide bonds. The quantitative estimate of drug-likeness (QED) is 0.843. The monoisotopic (exact) mass is 341 g/mol. The maximum atomic E-state index is 12.8. The lowest BCUT2D eigenvalue weighted by molar-refractivity contribution is 0.287. The van der Waals surface area contributed by atoms with Gasteiger partial charge in [-0.25, -0.2) is 8.42 Å². The molecule has 0 bridgehead atoms. The maximum absolute atomic E-state index is 12.8. The lowest BCUT2D eigenvalue weighted by Crippen LogP contribution is -2.35. The fourth-order valence-electron chi connectivity index (χ4n) is 2.69. The van der Waals surface area contributed by atoms with Gasteiger partial charge in [-0.15, -0.1) is 0 Å². The molecule has 0 spiro atoms. The fourth-order valence-corrected chi connectivity index (χ4v) is 4.60. The van der Waals surface area contributed by atoms with Gasteiger partial charge in [0.25, 0.3) is 0 Å². The molecule has 1 heterocycles. The van der Waals surface area contributed by atoms with Crippen LogP contribution in [0.2, 0.25) is 5.02 Å². The Bertz CT molecular complexity index is 670. The minimum Gasteiger partial charge on any atom is -0.302 e. The smallest absolute Gasteiger partial charge is 0.244 e. The molecule has 1 fully saturated rings. The van der Waals surface area contributed by atoms with Crippen LogP contribution in [0.25, 0.3) is 0 Å². The molecule has 1 saturated heterocycles. The third kappa shape index (κ3) is 3.61.